The number of rotatable bonds is 8. The topological polar surface area (TPSA) is 83.9 Å². The number of methoxy groups -OCH3 is 1. The second-order valence-electron chi connectivity index (χ2n) is 4.44. The summed E-state index contributed by atoms with van der Waals surface area (Å²) in [5.41, 5.74) is 0. The second-order valence-corrected chi connectivity index (χ2v) is 6.55. The fourth-order valence-corrected chi connectivity index (χ4v) is 2.96. The molecule has 0 fully saturated rings. The Hall–Kier alpha value is -1.60. The number of benzene rings is 1. The summed E-state index contributed by atoms with van der Waals surface area (Å²) >= 11 is 0. The van der Waals surface area contributed by atoms with Gasteiger partial charge in [0.25, 0.3) is 0 Å². The number of nitrogens with zero attached hydrogens (tertiary/aromatic N) is 1. The third-order valence-electron chi connectivity index (χ3n) is 2.85. The van der Waals surface area contributed by atoms with Crippen molar-refractivity contribution < 1.29 is 23.1 Å². The van der Waals surface area contributed by atoms with E-state index >= 15 is 0 Å². The third-order valence-corrected chi connectivity index (χ3v) is 4.54. The average Bonchev–Trinajstić information content (AvgIpc) is 2.43. The van der Waals surface area contributed by atoms with Crippen LogP contribution in [0.1, 0.15) is 6.42 Å². The highest BCUT2D eigenvalue weighted by Crippen LogP contribution is 2.18. The predicted molar refractivity (Wildman–Crippen MR) is 74.8 cm³/mol. The van der Waals surface area contributed by atoms with Crippen LogP contribution in [0.5, 0.6) is 5.75 Å². The van der Waals surface area contributed by atoms with Crippen LogP contribution >= 0.6 is 0 Å². The molecule has 0 unspecified atom stereocenters. The van der Waals surface area contributed by atoms with Gasteiger partial charge in [0.15, 0.2) is 9.84 Å². The van der Waals surface area contributed by atoms with E-state index in [1.54, 1.807) is 24.1 Å². The lowest BCUT2D eigenvalue weighted by Gasteiger charge is -2.15. The standard InChI is InChI=1S/C13H19NO5S/c1-14(7-6-13(15)16)8-9-20(17,18)12-5-3-4-11(10-12)19-2/h3-5,10H,6-9H2,1-2H3,(H,15,16). The van der Waals surface area contributed by atoms with Crippen LogP contribution in [0, 0.1) is 0 Å². The first-order chi connectivity index (χ1) is 9.35. The van der Waals surface area contributed by atoms with Crippen molar-refractivity contribution in [1.29, 1.82) is 0 Å². The van der Waals surface area contributed by atoms with Crippen molar-refractivity contribution in [1.82, 2.24) is 4.90 Å². The summed E-state index contributed by atoms with van der Waals surface area (Å²) in [6.45, 7) is 0.607. The van der Waals surface area contributed by atoms with Gasteiger partial charge in [0.2, 0.25) is 0 Å². The van der Waals surface area contributed by atoms with Crippen molar-refractivity contribution in [2.45, 2.75) is 11.3 Å². The quantitative estimate of drug-likeness (QED) is 0.767. The normalized spacial score (nSPS) is 11.6. The predicted octanol–water partition coefficient (Wildman–Crippen LogP) is 0.875. The SMILES string of the molecule is COc1cccc(S(=O)(=O)CCN(C)CCC(=O)O)c1. The van der Waals surface area contributed by atoms with Gasteiger partial charge in [-0.1, -0.05) is 6.07 Å². The maximum atomic E-state index is 12.1. The van der Waals surface area contributed by atoms with E-state index in [2.05, 4.69) is 0 Å². The van der Waals surface area contributed by atoms with Crippen molar-refractivity contribution >= 4 is 15.8 Å². The Balaban J connectivity index is 2.63. The molecular weight excluding hydrogens is 282 g/mol. The first-order valence-corrected chi connectivity index (χ1v) is 7.77. The van der Waals surface area contributed by atoms with E-state index in [0.717, 1.165) is 0 Å². The van der Waals surface area contributed by atoms with Crippen LogP contribution in [0.15, 0.2) is 29.2 Å². The lowest BCUT2D eigenvalue weighted by atomic mass is 10.3. The largest absolute Gasteiger partial charge is 0.497 e. The molecule has 20 heavy (non-hydrogen) atoms. The van der Waals surface area contributed by atoms with Gasteiger partial charge < -0.3 is 14.7 Å². The lowest BCUT2D eigenvalue weighted by molar-refractivity contribution is -0.137. The number of carboxylic acid groups (broad SMARTS) is 1. The Morgan fingerprint density at radius 2 is 2.05 bits per heavy atom. The van der Waals surface area contributed by atoms with Crippen LogP contribution in [-0.4, -0.2) is 57.4 Å². The van der Waals surface area contributed by atoms with Crippen LogP contribution in [0.4, 0.5) is 0 Å². The molecule has 1 aromatic carbocycles. The molecule has 0 aromatic heterocycles. The molecule has 0 saturated carbocycles. The summed E-state index contributed by atoms with van der Waals surface area (Å²) in [6.07, 6.45) is -0.00426. The van der Waals surface area contributed by atoms with Gasteiger partial charge in [0.1, 0.15) is 5.75 Å². The lowest BCUT2D eigenvalue weighted by Crippen LogP contribution is -2.27. The van der Waals surface area contributed by atoms with Crippen molar-refractivity contribution in [3.63, 3.8) is 0 Å². The Morgan fingerprint density at radius 3 is 2.65 bits per heavy atom. The van der Waals surface area contributed by atoms with Crippen molar-refractivity contribution in [3.05, 3.63) is 24.3 Å². The molecule has 0 aliphatic carbocycles. The van der Waals surface area contributed by atoms with Gasteiger partial charge in [-0.3, -0.25) is 4.79 Å². The average molecular weight is 301 g/mol. The fraction of sp³-hybridized carbons (Fsp3) is 0.462. The molecule has 0 aliphatic rings. The zero-order valence-corrected chi connectivity index (χ0v) is 12.4. The molecule has 7 heteroatoms. The number of aliphatic carboxylic acids is 1. The molecule has 1 N–H and O–H groups in total. The van der Waals surface area contributed by atoms with Gasteiger partial charge in [0.05, 0.1) is 24.2 Å². The number of hydrogen-bond acceptors (Lipinski definition) is 5. The van der Waals surface area contributed by atoms with Crippen LogP contribution in [-0.2, 0) is 14.6 Å². The molecule has 6 nitrogen and oxygen atoms in total. The molecule has 112 valence electrons. The zero-order chi connectivity index (χ0) is 15.2. The van der Waals surface area contributed by atoms with Gasteiger partial charge >= 0.3 is 5.97 Å². The van der Waals surface area contributed by atoms with Gasteiger partial charge in [-0.2, -0.15) is 0 Å². The van der Waals surface area contributed by atoms with Crippen LogP contribution < -0.4 is 4.74 Å². The Bertz CT molecular complexity index is 556. The minimum atomic E-state index is -3.40. The third kappa shape index (κ3) is 5.18. The van der Waals surface area contributed by atoms with Crippen LogP contribution in [0.2, 0.25) is 0 Å². The summed E-state index contributed by atoms with van der Waals surface area (Å²) < 4.78 is 29.3. The van der Waals surface area contributed by atoms with E-state index in [0.29, 0.717) is 12.3 Å². The number of carboxylic acids is 1. The van der Waals surface area contributed by atoms with E-state index in [-0.39, 0.29) is 23.6 Å². The molecule has 0 heterocycles. The van der Waals surface area contributed by atoms with Crippen molar-refractivity contribution in [2.75, 3.05) is 33.0 Å². The van der Waals surface area contributed by atoms with Crippen molar-refractivity contribution in [3.8, 4) is 5.75 Å². The molecule has 1 aromatic rings. The molecule has 0 spiro atoms. The maximum absolute atomic E-state index is 12.1. The maximum Gasteiger partial charge on any atom is 0.304 e. The summed E-state index contributed by atoms with van der Waals surface area (Å²) in [5, 5.41) is 8.57. The molecule has 0 atom stereocenters. The van der Waals surface area contributed by atoms with Crippen LogP contribution in [0.3, 0.4) is 0 Å². The Morgan fingerprint density at radius 1 is 1.35 bits per heavy atom. The van der Waals surface area contributed by atoms with E-state index in [1.165, 1.54) is 19.2 Å². The van der Waals surface area contributed by atoms with Crippen molar-refractivity contribution in [2.24, 2.45) is 0 Å². The first-order valence-electron chi connectivity index (χ1n) is 6.12. The molecule has 0 amide bonds. The molecule has 0 aliphatic heterocycles. The van der Waals surface area contributed by atoms with Gasteiger partial charge in [-0.25, -0.2) is 8.42 Å². The summed E-state index contributed by atoms with van der Waals surface area (Å²) in [7, 11) is -0.220. The van der Waals surface area contributed by atoms with E-state index in [4.69, 9.17) is 9.84 Å². The number of sulfone groups is 1. The van der Waals surface area contributed by atoms with E-state index in [9.17, 15) is 13.2 Å². The van der Waals surface area contributed by atoms with Gasteiger partial charge in [0, 0.05) is 13.1 Å². The van der Waals surface area contributed by atoms with E-state index in [1.807, 2.05) is 0 Å². The van der Waals surface area contributed by atoms with Gasteiger partial charge in [-0.05, 0) is 25.2 Å². The highest BCUT2D eigenvalue weighted by atomic mass is 32.2. The minimum Gasteiger partial charge on any atom is -0.497 e. The van der Waals surface area contributed by atoms with Gasteiger partial charge in [-0.15, -0.1) is 0 Å². The van der Waals surface area contributed by atoms with Crippen LogP contribution in [0.25, 0.3) is 0 Å². The number of hydrogen-bond donors (Lipinski definition) is 1. The summed E-state index contributed by atoms with van der Waals surface area (Å²) in [5.74, 6) is -0.464. The monoisotopic (exact) mass is 301 g/mol. The Kier molecular flexibility index (Phi) is 5.97. The molecule has 0 bridgehead atoms. The van der Waals surface area contributed by atoms with E-state index < -0.39 is 15.8 Å². The molecule has 0 saturated heterocycles. The molecule has 1 rings (SSSR count). The zero-order valence-electron chi connectivity index (χ0n) is 11.6. The smallest absolute Gasteiger partial charge is 0.304 e. The highest BCUT2D eigenvalue weighted by molar-refractivity contribution is 7.91. The number of carbonyl (C=O) groups is 1. The highest BCUT2D eigenvalue weighted by Gasteiger charge is 2.16. The number of ether oxygens (including phenoxy) is 1. The second kappa shape index (κ2) is 7.25. The summed E-state index contributed by atoms with van der Waals surface area (Å²) in [4.78, 5) is 12.3. The fourth-order valence-electron chi connectivity index (χ4n) is 1.59. The molecule has 0 radical (unpaired) electrons. The molecular formula is C13H19NO5S. The minimum absolute atomic E-state index is 0.00426. The first kappa shape index (κ1) is 16.5. The summed E-state index contributed by atoms with van der Waals surface area (Å²) in [6, 6.07) is 6.31. The Labute approximate surface area is 118 Å².